The number of carbonyl (C=O) groups excluding carboxylic acids is 2. The van der Waals surface area contributed by atoms with E-state index in [1.54, 1.807) is 31.3 Å². The topological polar surface area (TPSA) is 68.3 Å². The molecule has 1 aliphatic heterocycles. The molecule has 1 saturated heterocycles. The van der Waals surface area contributed by atoms with Crippen molar-refractivity contribution >= 4 is 17.5 Å². The van der Waals surface area contributed by atoms with Gasteiger partial charge < -0.3 is 24.0 Å². The molecule has 0 bridgehead atoms. The standard InChI is InChI=1S/C24H28N2O5/c1-29-19-11-9-18(10-12-19)26-22(27)15-25(17-24(26)13-5-6-14-24)23(28)16-31-21-8-4-3-7-20(21)30-2/h3-4,7-12H,5-6,13-17H2,1-2H3. The van der Waals surface area contributed by atoms with Gasteiger partial charge in [0.15, 0.2) is 18.1 Å². The third-order valence-corrected chi connectivity index (χ3v) is 6.17. The third kappa shape index (κ3) is 4.17. The fourth-order valence-corrected chi connectivity index (χ4v) is 4.69. The van der Waals surface area contributed by atoms with Crippen LogP contribution in [0, 0.1) is 0 Å². The molecule has 1 saturated carbocycles. The highest BCUT2D eigenvalue weighted by atomic mass is 16.5. The number of nitrogens with zero attached hydrogens (tertiary/aromatic N) is 2. The number of hydrogen-bond donors (Lipinski definition) is 0. The van der Waals surface area contributed by atoms with Crippen molar-refractivity contribution in [3.05, 3.63) is 48.5 Å². The van der Waals surface area contributed by atoms with E-state index in [1.165, 1.54) is 0 Å². The summed E-state index contributed by atoms with van der Waals surface area (Å²) in [4.78, 5) is 29.7. The van der Waals surface area contributed by atoms with E-state index in [0.29, 0.717) is 18.0 Å². The minimum absolute atomic E-state index is 0.0435. The molecule has 31 heavy (non-hydrogen) atoms. The van der Waals surface area contributed by atoms with Crippen LogP contribution in [0.2, 0.25) is 0 Å². The first-order valence-electron chi connectivity index (χ1n) is 10.6. The second kappa shape index (κ2) is 8.88. The first-order valence-corrected chi connectivity index (χ1v) is 10.6. The van der Waals surface area contributed by atoms with Crippen LogP contribution >= 0.6 is 0 Å². The van der Waals surface area contributed by atoms with E-state index in [0.717, 1.165) is 37.1 Å². The molecular formula is C24H28N2O5. The lowest BCUT2D eigenvalue weighted by Crippen LogP contribution is -2.65. The van der Waals surface area contributed by atoms with Crippen LogP contribution in [0.15, 0.2) is 48.5 Å². The SMILES string of the molecule is COc1ccc(N2C(=O)CN(C(=O)COc3ccccc3OC)CC23CCCC3)cc1. The van der Waals surface area contributed by atoms with Crippen LogP contribution in [0.1, 0.15) is 25.7 Å². The fraction of sp³-hybridized carbons (Fsp3) is 0.417. The normalized spacial score (nSPS) is 17.7. The quantitative estimate of drug-likeness (QED) is 0.712. The highest BCUT2D eigenvalue weighted by Gasteiger charge is 2.48. The van der Waals surface area contributed by atoms with E-state index in [9.17, 15) is 9.59 Å². The summed E-state index contributed by atoms with van der Waals surface area (Å²) in [5, 5.41) is 0. The monoisotopic (exact) mass is 424 g/mol. The van der Waals surface area contributed by atoms with Gasteiger partial charge in [-0.2, -0.15) is 0 Å². The van der Waals surface area contributed by atoms with E-state index in [2.05, 4.69) is 0 Å². The molecule has 0 N–H and O–H groups in total. The summed E-state index contributed by atoms with van der Waals surface area (Å²) < 4.78 is 16.2. The first-order chi connectivity index (χ1) is 15.1. The number of ether oxygens (including phenoxy) is 3. The zero-order valence-corrected chi connectivity index (χ0v) is 18.0. The second-order valence-electron chi connectivity index (χ2n) is 8.05. The average Bonchev–Trinajstić information content (AvgIpc) is 3.25. The van der Waals surface area contributed by atoms with Gasteiger partial charge in [-0.3, -0.25) is 9.59 Å². The van der Waals surface area contributed by atoms with Crippen molar-refractivity contribution in [3.63, 3.8) is 0 Å². The number of rotatable bonds is 6. The molecule has 1 spiro atoms. The summed E-state index contributed by atoms with van der Waals surface area (Å²) in [7, 11) is 3.18. The molecule has 2 amide bonds. The number of methoxy groups -OCH3 is 2. The van der Waals surface area contributed by atoms with Crippen LogP contribution in [-0.4, -0.2) is 56.2 Å². The Balaban J connectivity index is 1.50. The highest BCUT2D eigenvalue weighted by Crippen LogP contribution is 2.41. The Kier molecular flexibility index (Phi) is 6.02. The summed E-state index contributed by atoms with van der Waals surface area (Å²) in [5.74, 6) is 1.57. The smallest absolute Gasteiger partial charge is 0.261 e. The number of amides is 2. The van der Waals surface area contributed by atoms with Gasteiger partial charge in [0.1, 0.15) is 12.3 Å². The molecule has 0 unspecified atom stereocenters. The molecular weight excluding hydrogens is 396 g/mol. The molecule has 2 aliphatic rings. The van der Waals surface area contributed by atoms with Gasteiger partial charge in [-0.25, -0.2) is 0 Å². The molecule has 2 aromatic rings. The maximum Gasteiger partial charge on any atom is 0.261 e. The summed E-state index contributed by atoms with van der Waals surface area (Å²) in [5.41, 5.74) is 0.481. The molecule has 0 atom stereocenters. The Morgan fingerprint density at radius 1 is 0.968 bits per heavy atom. The maximum absolute atomic E-state index is 13.2. The van der Waals surface area contributed by atoms with E-state index in [1.807, 2.05) is 41.3 Å². The Morgan fingerprint density at radius 3 is 2.29 bits per heavy atom. The molecule has 2 aromatic carbocycles. The van der Waals surface area contributed by atoms with Gasteiger partial charge in [0.2, 0.25) is 5.91 Å². The predicted octanol–water partition coefficient (Wildman–Crippen LogP) is 3.27. The predicted molar refractivity (Wildman–Crippen MR) is 117 cm³/mol. The number of carbonyl (C=O) groups is 2. The highest BCUT2D eigenvalue weighted by molar-refractivity contribution is 5.99. The van der Waals surface area contributed by atoms with Crippen molar-refractivity contribution in [2.24, 2.45) is 0 Å². The van der Waals surface area contributed by atoms with Crippen molar-refractivity contribution in [1.82, 2.24) is 4.90 Å². The lowest BCUT2D eigenvalue weighted by molar-refractivity contribution is -0.141. The molecule has 7 nitrogen and oxygen atoms in total. The zero-order chi connectivity index (χ0) is 21.8. The Morgan fingerprint density at radius 2 is 1.65 bits per heavy atom. The average molecular weight is 424 g/mol. The Labute approximate surface area is 182 Å². The van der Waals surface area contributed by atoms with Gasteiger partial charge >= 0.3 is 0 Å². The Hall–Kier alpha value is -3.22. The van der Waals surface area contributed by atoms with Gasteiger partial charge in [0.25, 0.3) is 5.91 Å². The summed E-state index contributed by atoms with van der Waals surface area (Å²) in [6.07, 6.45) is 3.84. The number of anilines is 1. The van der Waals surface area contributed by atoms with Gasteiger partial charge in [-0.05, 0) is 49.2 Å². The number of para-hydroxylation sites is 2. The van der Waals surface area contributed by atoms with Crippen LogP contribution in [0.25, 0.3) is 0 Å². The van der Waals surface area contributed by atoms with Crippen LogP contribution in [0.5, 0.6) is 17.2 Å². The van der Waals surface area contributed by atoms with E-state index < -0.39 is 0 Å². The second-order valence-corrected chi connectivity index (χ2v) is 8.05. The van der Waals surface area contributed by atoms with Crippen LogP contribution < -0.4 is 19.1 Å². The largest absolute Gasteiger partial charge is 0.497 e. The van der Waals surface area contributed by atoms with Gasteiger partial charge in [0.05, 0.1) is 19.8 Å². The van der Waals surface area contributed by atoms with Crippen molar-refractivity contribution in [1.29, 1.82) is 0 Å². The van der Waals surface area contributed by atoms with Gasteiger partial charge in [-0.15, -0.1) is 0 Å². The minimum atomic E-state index is -0.371. The molecule has 2 fully saturated rings. The lowest BCUT2D eigenvalue weighted by atomic mass is 9.90. The fourth-order valence-electron chi connectivity index (χ4n) is 4.69. The molecule has 7 heteroatoms. The van der Waals surface area contributed by atoms with Crippen LogP contribution in [0.3, 0.4) is 0 Å². The molecule has 1 aliphatic carbocycles. The van der Waals surface area contributed by atoms with Crippen molar-refractivity contribution < 1.29 is 23.8 Å². The number of hydrogen-bond acceptors (Lipinski definition) is 5. The number of benzene rings is 2. The minimum Gasteiger partial charge on any atom is -0.497 e. The molecule has 0 aromatic heterocycles. The van der Waals surface area contributed by atoms with Crippen LogP contribution in [-0.2, 0) is 9.59 Å². The molecule has 1 heterocycles. The summed E-state index contributed by atoms with van der Waals surface area (Å²) >= 11 is 0. The first kappa shape index (κ1) is 21.0. The molecule has 0 radical (unpaired) electrons. The zero-order valence-electron chi connectivity index (χ0n) is 18.0. The number of piperazine rings is 1. The van der Waals surface area contributed by atoms with Crippen LogP contribution in [0.4, 0.5) is 5.69 Å². The van der Waals surface area contributed by atoms with Crippen molar-refractivity contribution in [2.45, 2.75) is 31.2 Å². The van der Waals surface area contributed by atoms with Gasteiger partial charge in [-0.1, -0.05) is 25.0 Å². The van der Waals surface area contributed by atoms with Crippen molar-refractivity contribution in [3.8, 4) is 17.2 Å². The molecule has 164 valence electrons. The van der Waals surface area contributed by atoms with E-state index >= 15 is 0 Å². The Bertz CT molecular complexity index is 937. The molecule has 4 rings (SSSR count). The lowest BCUT2D eigenvalue weighted by Gasteiger charge is -2.48. The van der Waals surface area contributed by atoms with E-state index in [4.69, 9.17) is 14.2 Å². The third-order valence-electron chi connectivity index (χ3n) is 6.17. The van der Waals surface area contributed by atoms with E-state index in [-0.39, 0.29) is 30.5 Å². The maximum atomic E-state index is 13.2. The summed E-state index contributed by atoms with van der Waals surface area (Å²) in [6.45, 7) is 0.424. The van der Waals surface area contributed by atoms with Crippen molar-refractivity contribution in [2.75, 3.05) is 38.8 Å². The van der Waals surface area contributed by atoms with Gasteiger partial charge in [0, 0.05) is 12.2 Å². The summed E-state index contributed by atoms with van der Waals surface area (Å²) in [6, 6.07) is 14.8.